The Morgan fingerprint density at radius 1 is 1.13 bits per heavy atom. The molecule has 5 nitrogen and oxygen atoms in total. The van der Waals surface area contributed by atoms with Crippen LogP contribution in [0, 0.1) is 0 Å². The van der Waals surface area contributed by atoms with Gasteiger partial charge in [-0.15, -0.1) is 0 Å². The van der Waals surface area contributed by atoms with Crippen LogP contribution in [0.5, 0.6) is 0 Å². The molecule has 1 aliphatic carbocycles. The largest absolute Gasteiger partial charge is 0.336 e. The molecule has 1 aliphatic heterocycles. The predicted octanol–water partition coefficient (Wildman–Crippen LogP) is 2.03. The van der Waals surface area contributed by atoms with Crippen molar-refractivity contribution in [2.24, 2.45) is 0 Å². The Morgan fingerprint density at radius 3 is 2.48 bits per heavy atom. The third-order valence-corrected chi connectivity index (χ3v) is 5.22. The van der Waals surface area contributed by atoms with Gasteiger partial charge in [-0.25, -0.2) is 0 Å². The van der Waals surface area contributed by atoms with Crippen LogP contribution in [0.3, 0.4) is 0 Å². The van der Waals surface area contributed by atoms with Crippen LogP contribution < -0.4 is 5.56 Å². The molecule has 2 heterocycles. The number of amides is 1. The number of nitrogens with one attached hydrogen (secondary N) is 1. The molecular formula is C18H27N3O2. The van der Waals surface area contributed by atoms with E-state index in [9.17, 15) is 9.59 Å². The summed E-state index contributed by atoms with van der Waals surface area (Å²) >= 11 is 0. The number of piperazine rings is 1. The number of H-pyrrole nitrogens is 1. The molecule has 5 heteroatoms. The van der Waals surface area contributed by atoms with Gasteiger partial charge in [-0.3, -0.25) is 14.5 Å². The number of hydrogen-bond acceptors (Lipinski definition) is 3. The standard InChI is InChI=1S/C18H27N3O2/c1-2-15-12-14(13-17(22)19-15)18(23)21-10-8-20(9-11-21)16-6-4-3-5-7-16/h12-13,16H,2-11H2,1H3,(H,19,22). The molecule has 0 atom stereocenters. The van der Waals surface area contributed by atoms with Crippen LogP contribution in [0.25, 0.3) is 0 Å². The maximum atomic E-state index is 12.7. The van der Waals surface area contributed by atoms with E-state index in [-0.39, 0.29) is 11.5 Å². The van der Waals surface area contributed by atoms with Crippen LogP contribution in [0.15, 0.2) is 16.9 Å². The average Bonchev–Trinajstić information content (AvgIpc) is 2.61. The Hall–Kier alpha value is -1.62. The lowest BCUT2D eigenvalue weighted by molar-refractivity contribution is 0.0523. The molecule has 3 rings (SSSR count). The lowest BCUT2D eigenvalue weighted by atomic mass is 9.94. The fraction of sp³-hybridized carbons (Fsp3) is 0.667. The number of hydrogen-bond donors (Lipinski definition) is 1. The summed E-state index contributed by atoms with van der Waals surface area (Å²) in [5.74, 6) is -0.00547. The Bertz CT molecular complexity index is 597. The third kappa shape index (κ3) is 3.83. The molecule has 0 unspecified atom stereocenters. The Balaban J connectivity index is 1.61. The normalized spacial score (nSPS) is 20.7. The van der Waals surface area contributed by atoms with Gasteiger partial charge in [0.15, 0.2) is 0 Å². The van der Waals surface area contributed by atoms with Crippen LogP contribution in [0.4, 0.5) is 0 Å². The highest BCUT2D eigenvalue weighted by atomic mass is 16.2. The summed E-state index contributed by atoms with van der Waals surface area (Å²) in [7, 11) is 0. The van der Waals surface area contributed by atoms with Crippen LogP contribution in [0.1, 0.15) is 55.1 Å². The molecule has 1 aromatic rings. The summed E-state index contributed by atoms with van der Waals surface area (Å²) in [6.45, 7) is 5.43. The fourth-order valence-electron chi connectivity index (χ4n) is 3.83. The monoisotopic (exact) mass is 317 g/mol. The zero-order valence-corrected chi connectivity index (χ0v) is 14.0. The van der Waals surface area contributed by atoms with E-state index in [0.717, 1.165) is 38.3 Å². The van der Waals surface area contributed by atoms with Gasteiger partial charge in [0, 0.05) is 49.5 Å². The molecule has 1 saturated heterocycles. The Morgan fingerprint density at radius 2 is 1.83 bits per heavy atom. The number of nitrogens with zero attached hydrogens (tertiary/aromatic N) is 2. The minimum atomic E-state index is -0.187. The van der Waals surface area contributed by atoms with Gasteiger partial charge >= 0.3 is 0 Å². The summed E-state index contributed by atoms with van der Waals surface area (Å²) in [6.07, 6.45) is 7.40. The first-order valence-electron chi connectivity index (χ1n) is 8.94. The van der Waals surface area contributed by atoms with Crippen molar-refractivity contribution in [2.75, 3.05) is 26.2 Å². The summed E-state index contributed by atoms with van der Waals surface area (Å²) in [5, 5.41) is 0. The second-order valence-electron chi connectivity index (χ2n) is 6.73. The Labute approximate surface area is 137 Å². The van der Waals surface area contributed by atoms with Crippen molar-refractivity contribution < 1.29 is 4.79 Å². The third-order valence-electron chi connectivity index (χ3n) is 5.22. The van der Waals surface area contributed by atoms with Gasteiger partial charge in [-0.05, 0) is 25.3 Å². The zero-order valence-electron chi connectivity index (χ0n) is 14.0. The molecule has 0 spiro atoms. The molecule has 0 radical (unpaired) electrons. The summed E-state index contributed by atoms with van der Waals surface area (Å²) in [5.41, 5.74) is 1.16. The van der Waals surface area contributed by atoms with Crippen molar-refractivity contribution in [1.82, 2.24) is 14.8 Å². The Kier molecular flexibility index (Phi) is 5.16. The first kappa shape index (κ1) is 16.2. The van der Waals surface area contributed by atoms with E-state index in [1.165, 1.54) is 38.2 Å². The number of aromatic nitrogens is 1. The van der Waals surface area contributed by atoms with Crippen molar-refractivity contribution in [3.63, 3.8) is 0 Å². The maximum Gasteiger partial charge on any atom is 0.254 e. The van der Waals surface area contributed by atoms with E-state index in [4.69, 9.17) is 0 Å². The molecule has 126 valence electrons. The molecule has 1 aromatic heterocycles. The number of rotatable bonds is 3. The van der Waals surface area contributed by atoms with Gasteiger partial charge in [-0.2, -0.15) is 0 Å². The smallest absolute Gasteiger partial charge is 0.254 e. The molecule has 0 aromatic carbocycles. The minimum absolute atomic E-state index is 0.00547. The molecule has 23 heavy (non-hydrogen) atoms. The number of pyridine rings is 1. The van der Waals surface area contributed by atoms with E-state index in [1.807, 2.05) is 17.9 Å². The van der Waals surface area contributed by atoms with E-state index in [0.29, 0.717) is 11.6 Å². The van der Waals surface area contributed by atoms with Crippen molar-refractivity contribution in [2.45, 2.75) is 51.5 Å². The molecule has 1 saturated carbocycles. The maximum absolute atomic E-state index is 12.7. The average molecular weight is 317 g/mol. The topological polar surface area (TPSA) is 56.4 Å². The van der Waals surface area contributed by atoms with Gasteiger partial charge in [0.2, 0.25) is 5.56 Å². The molecule has 0 bridgehead atoms. The van der Waals surface area contributed by atoms with E-state index in [2.05, 4.69) is 9.88 Å². The minimum Gasteiger partial charge on any atom is -0.336 e. The van der Waals surface area contributed by atoms with E-state index in [1.54, 1.807) is 0 Å². The molecule has 2 aliphatic rings. The summed E-state index contributed by atoms with van der Waals surface area (Å²) < 4.78 is 0. The summed E-state index contributed by atoms with van der Waals surface area (Å²) in [6, 6.07) is 3.96. The number of aromatic amines is 1. The fourth-order valence-corrected chi connectivity index (χ4v) is 3.83. The molecule has 2 fully saturated rings. The second-order valence-corrected chi connectivity index (χ2v) is 6.73. The van der Waals surface area contributed by atoms with Gasteiger partial charge in [-0.1, -0.05) is 26.2 Å². The molecule has 1 amide bonds. The van der Waals surface area contributed by atoms with Crippen LogP contribution in [-0.2, 0) is 6.42 Å². The second kappa shape index (κ2) is 7.30. The SMILES string of the molecule is CCc1cc(C(=O)N2CCN(C3CCCCC3)CC2)cc(=O)[nH]1. The highest BCUT2D eigenvalue weighted by Gasteiger charge is 2.27. The van der Waals surface area contributed by atoms with Crippen molar-refractivity contribution in [1.29, 1.82) is 0 Å². The summed E-state index contributed by atoms with van der Waals surface area (Å²) in [4.78, 5) is 31.6. The van der Waals surface area contributed by atoms with Gasteiger partial charge < -0.3 is 9.88 Å². The first-order valence-corrected chi connectivity index (χ1v) is 8.94. The van der Waals surface area contributed by atoms with Crippen LogP contribution >= 0.6 is 0 Å². The molecular weight excluding hydrogens is 290 g/mol. The highest BCUT2D eigenvalue weighted by Crippen LogP contribution is 2.23. The quantitative estimate of drug-likeness (QED) is 0.928. The number of carbonyl (C=O) groups excluding carboxylic acids is 1. The van der Waals surface area contributed by atoms with Crippen molar-refractivity contribution >= 4 is 5.91 Å². The van der Waals surface area contributed by atoms with E-state index < -0.39 is 0 Å². The van der Waals surface area contributed by atoms with Crippen LogP contribution in [-0.4, -0.2) is 52.9 Å². The number of carbonyl (C=O) groups is 1. The zero-order chi connectivity index (χ0) is 16.2. The lowest BCUT2D eigenvalue weighted by Gasteiger charge is -2.40. The molecule has 1 N–H and O–H groups in total. The first-order chi connectivity index (χ1) is 11.2. The van der Waals surface area contributed by atoms with Crippen molar-refractivity contribution in [3.8, 4) is 0 Å². The number of aryl methyl sites for hydroxylation is 1. The highest BCUT2D eigenvalue weighted by molar-refractivity contribution is 5.94. The van der Waals surface area contributed by atoms with Gasteiger partial charge in [0.05, 0.1) is 0 Å². The van der Waals surface area contributed by atoms with Gasteiger partial charge in [0.1, 0.15) is 0 Å². The van der Waals surface area contributed by atoms with Gasteiger partial charge in [0.25, 0.3) is 5.91 Å². The predicted molar refractivity (Wildman–Crippen MR) is 90.8 cm³/mol. The lowest BCUT2D eigenvalue weighted by Crippen LogP contribution is -2.52. The van der Waals surface area contributed by atoms with Crippen LogP contribution in [0.2, 0.25) is 0 Å². The van der Waals surface area contributed by atoms with Crippen molar-refractivity contribution in [3.05, 3.63) is 33.7 Å². The van der Waals surface area contributed by atoms with E-state index >= 15 is 0 Å².